The molecule has 2 aromatic carbocycles. The maximum absolute atomic E-state index is 13.1. The van der Waals surface area contributed by atoms with Gasteiger partial charge in [0.1, 0.15) is 5.82 Å². The lowest BCUT2D eigenvalue weighted by Gasteiger charge is -2.23. The van der Waals surface area contributed by atoms with Crippen molar-refractivity contribution < 1.29 is 9.50 Å². The highest BCUT2D eigenvalue weighted by molar-refractivity contribution is 5.32. The van der Waals surface area contributed by atoms with E-state index < -0.39 is 0 Å². The molecule has 0 radical (unpaired) electrons. The van der Waals surface area contributed by atoms with Crippen molar-refractivity contribution in [2.24, 2.45) is 5.41 Å². The zero-order valence-corrected chi connectivity index (χ0v) is 11.9. The monoisotopic (exact) mass is 285 g/mol. The van der Waals surface area contributed by atoms with E-state index in [1.165, 1.54) is 12.1 Å². The normalized spacial score (nSPS) is 17.4. The molecule has 1 fully saturated rings. The standard InChI is InChI=1S/C18H20FNO/c19-16-8-6-15(7-9-16)17(14-4-2-1-3-5-14)20-12-18(13-21)10-11-18/h1-9,17,20-21H,10-13H2. The number of hydrogen-bond acceptors (Lipinski definition) is 2. The van der Waals surface area contributed by atoms with E-state index in [2.05, 4.69) is 17.4 Å². The molecule has 0 aromatic heterocycles. The van der Waals surface area contributed by atoms with Crippen LogP contribution in [-0.4, -0.2) is 18.3 Å². The molecule has 0 aliphatic heterocycles. The Hall–Kier alpha value is -1.71. The molecule has 0 bridgehead atoms. The maximum atomic E-state index is 13.1. The van der Waals surface area contributed by atoms with Crippen LogP contribution in [0.1, 0.15) is 30.0 Å². The summed E-state index contributed by atoms with van der Waals surface area (Å²) < 4.78 is 13.1. The summed E-state index contributed by atoms with van der Waals surface area (Å²) in [6, 6.07) is 16.8. The second kappa shape index (κ2) is 5.96. The van der Waals surface area contributed by atoms with Crippen molar-refractivity contribution in [1.29, 1.82) is 0 Å². The number of benzene rings is 2. The molecule has 110 valence electrons. The van der Waals surface area contributed by atoms with Gasteiger partial charge in [0.2, 0.25) is 0 Å². The van der Waals surface area contributed by atoms with Gasteiger partial charge < -0.3 is 10.4 Å². The number of hydrogen-bond donors (Lipinski definition) is 2. The van der Waals surface area contributed by atoms with Crippen LogP contribution in [-0.2, 0) is 0 Å². The minimum atomic E-state index is -0.223. The first kappa shape index (κ1) is 14.2. The Morgan fingerprint density at radius 3 is 2.19 bits per heavy atom. The van der Waals surface area contributed by atoms with E-state index in [1.807, 2.05) is 30.3 Å². The van der Waals surface area contributed by atoms with Gasteiger partial charge in [0, 0.05) is 18.6 Å². The Labute approximate surface area is 124 Å². The average Bonchev–Trinajstić information content (AvgIpc) is 3.31. The lowest BCUT2D eigenvalue weighted by molar-refractivity contribution is 0.205. The van der Waals surface area contributed by atoms with Gasteiger partial charge in [-0.1, -0.05) is 42.5 Å². The van der Waals surface area contributed by atoms with E-state index in [9.17, 15) is 9.50 Å². The Balaban J connectivity index is 1.82. The summed E-state index contributed by atoms with van der Waals surface area (Å²) in [5.41, 5.74) is 2.24. The summed E-state index contributed by atoms with van der Waals surface area (Å²) in [7, 11) is 0. The van der Waals surface area contributed by atoms with Crippen molar-refractivity contribution in [2.75, 3.05) is 13.2 Å². The third-order valence-electron chi connectivity index (χ3n) is 4.31. The van der Waals surface area contributed by atoms with Gasteiger partial charge in [-0.2, -0.15) is 0 Å². The highest BCUT2D eigenvalue weighted by Gasteiger charge is 2.42. The van der Waals surface area contributed by atoms with Crippen LogP contribution in [0.15, 0.2) is 54.6 Å². The van der Waals surface area contributed by atoms with Gasteiger partial charge in [-0.3, -0.25) is 0 Å². The molecule has 0 spiro atoms. The second-order valence-electron chi connectivity index (χ2n) is 5.93. The van der Waals surface area contributed by atoms with E-state index in [1.54, 1.807) is 0 Å². The van der Waals surface area contributed by atoms with Crippen molar-refractivity contribution in [2.45, 2.75) is 18.9 Å². The van der Waals surface area contributed by atoms with E-state index in [0.717, 1.165) is 30.5 Å². The summed E-state index contributed by atoms with van der Waals surface area (Å²) in [6.45, 7) is 1.01. The molecule has 2 nitrogen and oxygen atoms in total. The molecule has 3 heteroatoms. The molecular weight excluding hydrogens is 265 g/mol. The van der Waals surface area contributed by atoms with Gasteiger partial charge in [-0.15, -0.1) is 0 Å². The molecule has 1 saturated carbocycles. The zero-order valence-electron chi connectivity index (χ0n) is 11.9. The SMILES string of the molecule is OCC1(CNC(c2ccccc2)c2ccc(F)cc2)CC1. The minimum Gasteiger partial charge on any atom is -0.396 e. The molecule has 2 N–H and O–H groups in total. The van der Waals surface area contributed by atoms with Crippen LogP contribution in [0.25, 0.3) is 0 Å². The second-order valence-corrected chi connectivity index (χ2v) is 5.93. The molecule has 1 aliphatic rings. The Morgan fingerprint density at radius 2 is 1.62 bits per heavy atom. The van der Waals surface area contributed by atoms with Crippen LogP contribution >= 0.6 is 0 Å². The lowest BCUT2D eigenvalue weighted by Crippen LogP contribution is -2.30. The number of halogens is 1. The van der Waals surface area contributed by atoms with E-state index >= 15 is 0 Å². The molecule has 0 heterocycles. The van der Waals surface area contributed by atoms with Crippen LogP contribution in [0.2, 0.25) is 0 Å². The molecule has 1 unspecified atom stereocenters. The van der Waals surface area contributed by atoms with Crippen LogP contribution in [0.4, 0.5) is 4.39 Å². The van der Waals surface area contributed by atoms with Crippen LogP contribution in [0, 0.1) is 11.2 Å². The van der Waals surface area contributed by atoms with Crippen LogP contribution < -0.4 is 5.32 Å². The smallest absolute Gasteiger partial charge is 0.123 e. The molecular formula is C18H20FNO. The zero-order chi connectivity index (χ0) is 14.7. The highest BCUT2D eigenvalue weighted by atomic mass is 19.1. The van der Waals surface area contributed by atoms with E-state index in [4.69, 9.17) is 0 Å². The summed E-state index contributed by atoms with van der Waals surface area (Å²) in [5.74, 6) is -0.223. The first-order valence-electron chi connectivity index (χ1n) is 7.37. The van der Waals surface area contributed by atoms with Gasteiger partial charge in [-0.05, 0) is 36.1 Å². The van der Waals surface area contributed by atoms with Crippen molar-refractivity contribution >= 4 is 0 Å². The molecule has 2 aromatic rings. The van der Waals surface area contributed by atoms with Gasteiger partial charge >= 0.3 is 0 Å². The van der Waals surface area contributed by atoms with Crippen molar-refractivity contribution in [3.05, 3.63) is 71.5 Å². The van der Waals surface area contributed by atoms with E-state index in [-0.39, 0.29) is 23.9 Å². The largest absolute Gasteiger partial charge is 0.396 e. The average molecular weight is 285 g/mol. The fourth-order valence-corrected chi connectivity index (χ4v) is 2.62. The predicted molar refractivity (Wildman–Crippen MR) is 81.4 cm³/mol. The van der Waals surface area contributed by atoms with Gasteiger partial charge in [-0.25, -0.2) is 4.39 Å². The summed E-state index contributed by atoms with van der Waals surface area (Å²) in [4.78, 5) is 0. The van der Waals surface area contributed by atoms with Crippen molar-refractivity contribution in [3.8, 4) is 0 Å². The number of rotatable bonds is 6. The predicted octanol–water partition coefficient (Wildman–Crippen LogP) is 3.28. The fourth-order valence-electron chi connectivity index (χ4n) is 2.62. The summed E-state index contributed by atoms with van der Waals surface area (Å²) in [6.07, 6.45) is 2.14. The van der Waals surface area contributed by atoms with Gasteiger partial charge in [0.05, 0.1) is 6.04 Å². The molecule has 3 rings (SSSR count). The van der Waals surface area contributed by atoms with Crippen molar-refractivity contribution in [1.82, 2.24) is 5.32 Å². The molecule has 1 atom stereocenters. The molecule has 21 heavy (non-hydrogen) atoms. The topological polar surface area (TPSA) is 32.3 Å². The van der Waals surface area contributed by atoms with Crippen LogP contribution in [0.3, 0.4) is 0 Å². The fraction of sp³-hybridized carbons (Fsp3) is 0.333. The number of aliphatic hydroxyl groups is 1. The van der Waals surface area contributed by atoms with Crippen LogP contribution in [0.5, 0.6) is 0 Å². The quantitative estimate of drug-likeness (QED) is 0.853. The first-order chi connectivity index (χ1) is 10.2. The third kappa shape index (κ3) is 3.31. The Bertz CT molecular complexity index is 578. The lowest BCUT2D eigenvalue weighted by atomic mass is 9.97. The number of nitrogens with one attached hydrogen (secondary N) is 1. The molecule has 0 saturated heterocycles. The Kier molecular flexibility index (Phi) is 4.04. The third-order valence-corrected chi connectivity index (χ3v) is 4.31. The van der Waals surface area contributed by atoms with Crippen molar-refractivity contribution in [3.63, 3.8) is 0 Å². The van der Waals surface area contributed by atoms with E-state index in [0.29, 0.717) is 0 Å². The molecule has 0 amide bonds. The number of aliphatic hydroxyl groups excluding tert-OH is 1. The van der Waals surface area contributed by atoms with Gasteiger partial charge in [0.25, 0.3) is 0 Å². The minimum absolute atomic E-state index is 0.0239. The first-order valence-corrected chi connectivity index (χ1v) is 7.37. The molecule has 1 aliphatic carbocycles. The summed E-state index contributed by atoms with van der Waals surface area (Å²) >= 11 is 0. The maximum Gasteiger partial charge on any atom is 0.123 e. The van der Waals surface area contributed by atoms with Gasteiger partial charge in [0.15, 0.2) is 0 Å². The summed E-state index contributed by atoms with van der Waals surface area (Å²) in [5, 5.41) is 13.0. The Morgan fingerprint density at radius 1 is 1.00 bits per heavy atom. The highest BCUT2D eigenvalue weighted by Crippen LogP contribution is 2.44.